The van der Waals surface area contributed by atoms with Crippen LogP contribution in [0.2, 0.25) is 0 Å². The van der Waals surface area contributed by atoms with E-state index in [-0.39, 0.29) is 17.0 Å². The van der Waals surface area contributed by atoms with Gasteiger partial charge in [-0.1, -0.05) is 43.0 Å². The van der Waals surface area contributed by atoms with Gasteiger partial charge in [0.2, 0.25) is 5.91 Å². The Morgan fingerprint density at radius 2 is 1.87 bits per heavy atom. The highest BCUT2D eigenvalue weighted by atomic mass is 32.2. The van der Waals surface area contributed by atoms with E-state index in [4.69, 9.17) is 0 Å². The molecule has 1 aromatic carbocycles. The summed E-state index contributed by atoms with van der Waals surface area (Å²) in [5, 5.41) is 19.2. The van der Waals surface area contributed by atoms with Crippen LogP contribution in [0.25, 0.3) is 4.91 Å². The van der Waals surface area contributed by atoms with Gasteiger partial charge in [0, 0.05) is 29.0 Å². The summed E-state index contributed by atoms with van der Waals surface area (Å²) >= 11 is 1.35. The molecule has 0 unspecified atom stereocenters. The molecule has 0 radical (unpaired) electrons. The Hall–Kier alpha value is -2.64. The van der Waals surface area contributed by atoms with Crippen molar-refractivity contribution < 1.29 is 24.4 Å². The summed E-state index contributed by atoms with van der Waals surface area (Å²) in [6, 6.07) is 12.1. The first-order valence-electron chi connectivity index (χ1n) is 10.1. The molecular weight excluding hydrogens is 400 g/mol. The molecular formula is C23H25N2O4S+. The maximum absolute atomic E-state index is 12.4. The lowest BCUT2D eigenvalue weighted by molar-refractivity contribution is -0.694. The fourth-order valence-electron chi connectivity index (χ4n) is 3.99. The first-order chi connectivity index (χ1) is 14.3. The van der Waals surface area contributed by atoms with Crippen molar-refractivity contribution >= 4 is 28.5 Å². The van der Waals surface area contributed by atoms with E-state index in [1.54, 1.807) is 6.92 Å². The minimum Gasteiger partial charge on any atom is -0.477 e. The van der Waals surface area contributed by atoms with E-state index in [2.05, 4.69) is 36.7 Å². The number of carboxylic acid groups (broad SMARTS) is 1. The maximum Gasteiger partial charge on any atom is 0.353 e. The monoisotopic (exact) mass is 425 g/mol. The number of carboxylic acids is 1. The van der Waals surface area contributed by atoms with Crippen molar-refractivity contribution in [3.63, 3.8) is 0 Å². The zero-order chi connectivity index (χ0) is 21.6. The number of thioether (sulfide) groups is 1. The summed E-state index contributed by atoms with van der Waals surface area (Å²) in [6.45, 7) is 6.51. The summed E-state index contributed by atoms with van der Waals surface area (Å²) in [5.74, 6) is -2.01. The second-order valence-electron chi connectivity index (χ2n) is 7.82. The van der Waals surface area contributed by atoms with Crippen LogP contribution in [0.5, 0.6) is 0 Å². The third kappa shape index (κ3) is 3.42. The van der Waals surface area contributed by atoms with Gasteiger partial charge in [0.1, 0.15) is 11.1 Å². The minimum atomic E-state index is -1.12. The average molecular weight is 426 g/mol. The van der Waals surface area contributed by atoms with Crippen molar-refractivity contribution in [2.45, 2.75) is 45.2 Å². The Balaban J connectivity index is 1.60. The number of rotatable bonds is 6. The van der Waals surface area contributed by atoms with Gasteiger partial charge in [-0.3, -0.25) is 9.69 Å². The average Bonchev–Trinajstić information content (AvgIpc) is 3.05. The predicted molar refractivity (Wildman–Crippen MR) is 114 cm³/mol. The van der Waals surface area contributed by atoms with Gasteiger partial charge in [0.25, 0.3) is 0 Å². The van der Waals surface area contributed by atoms with E-state index in [0.717, 1.165) is 24.1 Å². The quantitative estimate of drug-likeness (QED) is 0.549. The van der Waals surface area contributed by atoms with Crippen LogP contribution in [0.3, 0.4) is 0 Å². The van der Waals surface area contributed by atoms with Gasteiger partial charge in [-0.15, -0.1) is 0 Å². The number of aliphatic hydroxyl groups is 1. The van der Waals surface area contributed by atoms with Gasteiger partial charge in [0.05, 0.1) is 12.0 Å². The van der Waals surface area contributed by atoms with E-state index in [1.165, 1.54) is 27.9 Å². The number of aryl methyl sites for hydroxylation is 2. The van der Waals surface area contributed by atoms with Crippen LogP contribution in [0, 0.1) is 12.8 Å². The van der Waals surface area contributed by atoms with Crippen LogP contribution >= 0.6 is 11.8 Å². The van der Waals surface area contributed by atoms with Crippen molar-refractivity contribution in [1.29, 1.82) is 0 Å². The number of fused-ring (bicyclic) bond motifs is 1. The third-order valence-electron chi connectivity index (χ3n) is 5.79. The largest absolute Gasteiger partial charge is 0.477 e. The van der Waals surface area contributed by atoms with Crippen LogP contribution in [0.15, 0.2) is 48.3 Å². The molecule has 2 aliphatic heterocycles. The van der Waals surface area contributed by atoms with E-state index in [0.29, 0.717) is 4.91 Å². The summed E-state index contributed by atoms with van der Waals surface area (Å²) < 4.78 is 2.21. The Labute approximate surface area is 179 Å². The van der Waals surface area contributed by atoms with Gasteiger partial charge in [-0.2, -0.15) is 4.57 Å². The van der Waals surface area contributed by atoms with Crippen molar-refractivity contribution in [3.8, 4) is 0 Å². The molecule has 7 heteroatoms. The molecule has 4 rings (SSSR count). The molecule has 1 aromatic heterocycles. The van der Waals surface area contributed by atoms with Crippen LogP contribution in [-0.4, -0.2) is 38.5 Å². The number of aliphatic hydroxyl groups excluding tert-OH is 1. The second-order valence-corrected chi connectivity index (χ2v) is 8.95. The number of amides is 1. The second kappa shape index (κ2) is 7.89. The van der Waals surface area contributed by atoms with Crippen molar-refractivity contribution in [2.24, 2.45) is 5.92 Å². The molecule has 3 atom stereocenters. The molecule has 2 aromatic rings. The molecule has 1 amide bonds. The van der Waals surface area contributed by atoms with Crippen LogP contribution < -0.4 is 4.57 Å². The fourth-order valence-corrected chi connectivity index (χ4v) is 5.61. The Bertz CT molecular complexity index is 1050. The Kier molecular flexibility index (Phi) is 5.42. The zero-order valence-corrected chi connectivity index (χ0v) is 18.0. The van der Waals surface area contributed by atoms with Crippen molar-refractivity contribution in [2.75, 3.05) is 0 Å². The van der Waals surface area contributed by atoms with Gasteiger partial charge < -0.3 is 10.2 Å². The van der Waals surface area contributed by atoms with Crippen molar-refractivity contribution in [3.05, 3.63) is 70.7 Å². The number of β-lactam (4-membered cyclic amide) rings is 1. The molecule has 2 N–H and O–H groups in total. The van der Waals surface area contributed by atoms with Gasteiger partial charge in [0.15, 0.2) is 18.4 Å². The fraction of sp³-hybridized carbons (Fsp3) is 0.348. The lowest BCUT2D eigenvalue weighted by Crippen LogP contribution is -2.60. The number of hydrogen-bond acceptors (Lipinski definition) is 4. The van der Waals surface area contributed by atoms with Gasteiger partial charge in [-0.25, -0.2) is 4.79 Å². The standard InChI is InChI=1S/C23H24N2O4S/c1-4-15-6-5-13(2)24(11-15)12-16-7-9-17(10-8-16)20-19(23(28)29)25-21(27)18(14(3)26)22(25)30-20/h5-11,14,18,22,26H,4,12H2,1-3H3/p+1/t14-,18+,22-/m1/s1. The highest BCUT2D eigenvalue weighted by Crippen LogP contribution is 2.53. The van der Waals surface area contributed by atoms with Crippen LogP contribution in [0.1, 0.15) is 36.2 Å². The number of aliphatic carboxylic acids is 1. The molecule has 156 valence electrons. The minimum absolute atomic E-state index is 0.0144. The summed E-state index contributed by atoms with van der Waals surface area (Å²) in [7, 11) is 0. The van der Waals surface area contributed by atoms with Gasteiger partial charge in [-0.05, 0) is 25.0 Å². The molecule has 0 aliphatic carbocycles. The normalized spacial score (nSPS) is 21.5. The molecule has 0 bridgehead atoms. The molecule has 1 saturated heterocycles. The Morgan fingerprint density at radius 3 is 2.47 bits per heavy atom. The maximum atomic E-state index is 12.4. The smallest absolute Gasteiger partial charge is 0.353 e. The first-order valence-corrected chi connectivity index (χ1v) is 10.9. The van der Waals surface area contributed by atoms with E-state index < -0.39 is 18.0 Å². The summed E-state index contributed by atoms with van der Waals surface area (Å²) in [4.78, 5) is 26.1. The molecule has 0 saturated carbocycles. The third-order valence-corrected chi connectivity index (χ3v) is 7.20. The number of pyridine rings is 1. The molecule has 30 heavy (non-hydrogen) atoms. The lowest BCUT2D eigenvalue weighted by atomic mass is 9.92. The number of hydrogen-bond donors (Lipinski definition) is 2. The van der Waals surface area contributed by atoms with E-state index in [1.807, 2.05) is 24.3 Å². The molecule has 0 spiro atoms. The topological polar surface area (TPSA) is 81.7 Å². The number of nitrogens with zero attached hydrogens (tertiary/aromatic N) is 2. The van der Waals surface area contributed by atoms with Crippen LogP contribution in [0.4, 0.5) is 0 Å². The number of carbonyl (C=O) groups excluding carboxylic acids is 1. The summed E-state index contributed by atoms with van der Waals surface area (Å²) in [5.41, 5.74) is 4.35. The molecule has 6 nitrogen and oxygen atoms in total. The van der Waals surface area contributed by atoms with E-state index in [9.17, 15) is 19.8 Å². The Morgan fingerprint density at radius 1 is 1.20 bits per heavy atom. The van der Waals surface area contributed by atoms with Crippen molar-refractivity contribution in [1.82, 2.24) is 4.90 Å². The van der Waals surface area contributed by atoms with Crippen LogP contribution in [-0.2, 0) is 22.6 Å². The number of benzene rings is 1. The number of carbonyl (C=O) groups is 2. The van der Waals surface area contributed by atoms with E-state index >= 15 is 0 Å². The lowest BCUT2D eigenvalue weighted by Gasteiger charge is -2.43. The molecule has 1 fully saturated rings. The zero-order valence-electron chi connectivity index (χ0n) is 17.2. The first kappa shape index (κ1) is 20.6. The van der Waals surface area contributed by atoms with Gasteiger partial charge >= 0.3 is 5.97 Å². The summed E-state index contributed by atoms with van der Waals surface area (Å²) in [6.07, 6.45) is 2.34. The number of aromatic nitrogens is 1. The molecule has 3 heterocycles. The molecule has 2 aliphatic rings. The predicted octanol–water partition coefficient (Wildman–Crippen LogP) is 2.56. The highest BCUT2D eigenvalue weighted by Gasteiger charge is 2.57. The SMILES string of the molecule is CCc1ccc(C)[n+](Cc2ccc(C3=C(C(=O)O)N4C(=O)[C@H]([C@@H](C)O)[C@H]4S3)cc2)c1. The highest BCUT2D eigenvalue weighted by molar-refractivity contribution is 8.09.